The van der Waals surface area contributed by atoms with Crippen molar-refractivity contribution in [2.24, 2.45) is 11.7 Å². The minimum absolute atomic E-state index is 0.0857. The number of cyclic esters (lactones) is 1. The fourth-order valence-corrected chi connectivity index (χ4v) is 8.01. The van der Waals surface area contributed by atoms with Crippen LogP contribution in [-0.2, 0) is 44.5 Å². The third kappa shape index (κ3) is 11.9. The first kappa shape index (κ1) is 48.5. The number of anilines is 1. The van der Waals surface area contributed by atoms with Crippen molar-refractivity contribution in [1.29, 1.82) is 0 Å². The van der Waals surface area contributed by atoms with Crippen molar-refractivity contribution in [3.8, 4) is 5.75 Å². The van der Waals surface area contributed by atoms with E-state index in [4.69, 9.17) is 41.0 Å². The number of ether oxygens (including phenoxy) is 5. The van der Waals surface area contributed by atoms with Gasteiger partial charge >= 0.3 is 12.1 Å². The number of alkyl carbamates (subject to hydrolysis) is 1. The van der Waals surface area contributed by atoms with Gasteiger partial charge in [-0.3, -0.25) is 19.7 Å². The molecule has 0 radical (unpaired) electrons. The van der Waals surface area contributed by atoms with Gasteiger partial charge in [-0.15, -0.1) is 18.3 Å². The van der Waals surface area contributed by atoms with Crippen LogP contribution in [0.25, 0.3) is 0 Å². The number of carbonyl (C=O) groups is 5. The largest absolute Gasteiger partial charge is 0.495 e. The molecule has 2 heterocycles. The number of allylic oxidation sites excluding steroid dienone is 2. The Balaban J connectivity index is 1.92. The summed E-state index contributed by atoms with van der Waals surface area (Å²) in [6.45, 7) is 16.4. The fraction of sp³-hybridized carbons (Fsp3) is 0.634. The van der Waals surface area contributed by atoms with Crippen LogP contribution in [0.3, 0.4) is 0 Å². The summed E-state index contributed by atoms with van der Waals surface area (Å²) < 4.78 is 28.4. The summed E-state index contributed by atoms with van der Waals surface area (Å²) in [7, 11) is 5.91. The molecule has 2 fully saturated rings. The van der Waals surface area contributed by atoms with E-state index in [1.54, 1.807) is 27.0 Å². The van der Waals surface area contributed by atoms with Crippen molar-refractivity contribution >= 4 is 58.8 Å². The zero-order valence-electron chi connectivity index (χ0n) is 35.5. The van der Waals surface area contributed by atoms with Gasteiger partial charge in [0.1, 0.15) is 40.7 Å². The second-order valence-electron chi connectivity index (χ2n) is 15.9. The molecule has 2 aliphatic heterocycles. The number of likely N-dealkylation sites (N-methyl/N-ethyl adjacent to an activating group) is 1. The number of hydrogen-bond acceptors (Lipinski definition) is 12. The van der Waals surface area contributed by atoms with Crippen molar-refractivity contribution in [3.05, 3.63) is 47.0 Å². The zero-order valence-corrected chi connectivity index (χ0v) is 37.1. The molecule has 58 heavy (non-hydrogen) atoms. The lowest BCUT2D eigenvalue weighted by molar-refractivity contribution is -0.162. The van der Waals surface area contributed by atoms with E-state index in [9.17, 15) is 29.1 Å². The van der Waals surface area contributed by atoms with Crippen LogP contribution in [0.5, 0.6) is 5.75 Å². The first-order valence-corrected chi connectivity index (χ1v) is 20.5. The van der Waals surface area contributed by atoms with Crippen molar-refractivity contribution in [1.82, 2.24) is 10.2 Å². The first-order chi connectivity index (χ1) is 27.0. The van der Waals surface area contributed by atoms with Crippen molar-refractivity contribution in [3.63, 3.8) is 0 Å². The molecule has 2 saturated heterocycles. The lowest BCUT2D eigenvalue weighted by atomic mass is 9.83. The number of methoxy groups -OCH3 is 2. The van der Waals surface area contributed by atoms with Crippen LogP contribution in [0.2, 0.25) is 5.02 Å². The second kappa shape index (κ2) is 19.9. The van der Waals surface area contributed by atoms with Gasteiger partial charge in [0.15, 0.2) is 5.72 Å². The normalized spacial score (nSPS) is 23.9. The molecule has 4 amide bonds. The SMILES string of the molecule is C=C[C@@H](OC)[C@@]1(O)CC([C@@H](C)[C@@H]2O[C@@]2(C)[C@H](CC(=O)N(C)c2cc(C/C(C)=C/C)cc(OC)c2Cl)OC(=O)[C@H](C)N(C)C(=O)CCC(C)(C)SCC(N)=O)OC(=O)N1. The molecule has 0 saturated carbocycles. The number of primary amides is 1. The highest BCUT2D eigenvalue weighted by molar-refractivity contribution is 8.01. The van der Waals surface area contributed by atoms with Crippen LogP contribution < -0.4 is 20.7 Å². The maximum Gasteiger partial charge on any atom is 0.409 e. The van der Waals surface area contributed by atoms with Crippen molar-refractivity contribution in [2.75, 3.05) is 39.0 Å². The predicted molar refractivity (Wildman–Crippen MR) is 223 cm³/mol. The van der Waals surface area contributed by atoms with Gasteiger partial charge in [0.2, 0.25) is 17.7 Å². The molecule has 0 spiro atoms. The summed E-state index contributed by atoms with van der Waals surface area (Å²) in [5, 5.41) is 14.0. The zero-order chi connectivity index (χ0) is 43.9. The van der Waals surface area contributed by atoms with Crippen LogP contribution in [0.4, 0.5) is 10.5 Å². The minimum atomic E-state index is -1.83. The number of benzene rings is 1. The number of esters is 1. The van der Waals surface area contributed by atoms with E-state index in [1.165, 1.54) is 55.8 Å². The Kier molecular flexibility index (Phi) is 16.7. The highest BCUT2D eigenvalue weighted by Crippen LogP contribution is 2.49. The van der Waals surface area contributed by atoms with Gasteiger partial charge in [0.05, 0.1) is 31.1 Å². The standard InChI is InChI=1S/C41H61ClN4O11S/c1-13-23(3)17-26-18-27(35(42)28(19-26)53-11)46(10)34(49)20-31(56-37(50)25(5)45(9)33(48)15-16-39(6,7)58-22-32(43)47)40(8)36(57-40)24(4)29-21-41(52,30(14-2)54-12)44-38(51)55-29/h13-14,18-19,24-25,29-31,36,52H,2,15-17,20-22H2,1,3-12H3,(H2,43,47)(H,44,51)/b23-13+/t24-,25+,29?,30-,31+,36+,40+,41+/m1/s1. The molecule has 4 N–H and O–H groups in total. The van der Waals surface area contributed by atoms with Crippen LogP contribution in [0.1, 0.15) is 79.7 Å². The van der Waals surface area contributed by atoms with E-state index < -0.39 is 76.3 Å². The first-order valence-electron chi connectivity index (χ1n) is 19.1. The molecule has 1 aromatic carbocycles. The van der Waals surface area contributed by atoms with Crippen molar-refractivity contribution < 1.29 is 52.8 Å². The number of epoxide rings is 1. The lowest BCUT2D eigenvalue weighted by Crippen LogP contribution is -2.63. The van der Waals surface area contributed by atoms with Gasteiger partial charge < -0.3 is 44.3 Å². The monoisotopic (exact) mass is 852 g/mol. The molecule has 8 atom stereocenters. The molecule has 2 aliphatic rings. The van der Waals surface area contributed by atoms with Crippen LogP contribution >= 0.6 is 23.4 Å². The van der Waals surface area contributed by atoms with E-state index in [2.05, 4.69) is 11.9 Å². The number of nitrogens with zero attached hydrogens (tertiary/aromatic N) is 2. The van der Waals surface area contributed by atoms with Crippen LogP contribution in [-0.4, -0.2) is 120 Å². The quantitative estimate of drug-likeness (QED) is 0.0858. The fourth-order valence-electron chi connectivity index (χ4n) is 6.92. The molecule has 15 nitrogen and oxygen atoms in total. The van der Waals surface area contributed by atoms with E-state index in [0.29, 0.717) is 24.3 Å². The summed E-state index contributed by atoms with van der Waals surface area (Å²) in [5.74, 6) is -2.09. The lowest BCUT2D eigenvalue weighted by Gasteiger charge is -2.42. The minimum Gasteiger partial charge on any atom is -0.495 e. The maximum atomic E-state index is 14.2. The average Bonchev–Trinajstić information content (AvgIpc) is 3.87. The molecule has 3 rings (SSSR count). The van der Waals surface area contributed by atoms with Gasteiger partial charge in [0, 0.05) is 44.7 Å². The summed E-state index contributed by atoms with van der Waals surface area (Å²) in [6, 6.07) is 2.56. The number of aliphatic hydroxyl groups is 1. The number of thioether (sulfide) groups is 1. The summed E-state index contributed by atoms with van der Waals surface area (Å²) in [6.07, 6.45) is -0.576. The Morgan fingerprint density at radius 2 is 1.86 bits per heavy atom. The highest BCUT2D eigenvalue weighted by Gasteiger charge is 2.64. The molecular formula is C41H61ClN4O11S. The third-order valence-electron chi connectivity index (χ3n) is 11.1. The van der Waals surface area contributed by atoms with Gasteiger partial charge in [-0.2, -0.15) is 0 Å². The third-order valence-corrected chi connectivity index (χ3v) is 12.9. The number of rotatable bonds is 21. The van der Waals surface area contributed by atoms with Gasteiger partial charge in [-0.05, 0) is 58.2 Å². The van der Waals surface area contributed by atoms with Crippen molar-refractivity contribution in [2.45, 2.75) is 127 Å². The Labute approximate surface area is 351 Å². The van der Waals surface area contributed by atoms with E-state index >= 15 is 0 Å². The average molecular weight is 853 g/mol. The molecule has 1 unspecified atom stereocenters. The summed E-state index contributed by atoms with van der Waals surface area (Å²) in [4.78, 5) is 68.1. The molecular weight excluding hydrogens is 792 g/mol. The molecule has 0 bridgehead atoms. The topological polar surface area (TPSA) is 200 Å². The van der Waals surface area contributed by atoms with E-state index in [-0.39, 0.29) is 35.9 Å². The molecule has 0 aromatic heterocycles. The highest BCUT2D eigenvalue weighted by atomic mass is 35.5. The molecule has 1 aromatic rings. The van der Waals surface area contributed by atoms with Gasteiger partial charge in [0.25, 0.3) is 0 Å². The predicted octanol–water partition coefficient (Wildman–Crippen LogP) is 4.93. The summed E-state index contributed by atoms with van der Waals surface area (Å²) >= 11 is 8.09. The maximum absolute atomic E-state index is 14.2. The Hall–Kier alpha value is -3.83. The Morgan fingerprint density at radius 3 is 2.43 bits per heavy atom. The van der Waals surface area contributed by atoms with E-state index in [1.807, 2.05) is 39.8 Å². The number of nitrogens with one attached hydrogen (secondary N) is 1. The number of halogens is 1. The number of hydrogen-bond donors (Lipinski definition) is 3. The van der Waals surface area contributed by atoms with Crippen LogP contribution in [0, 0.1) is 5.92 Å². The smallest absolute Gasteiger partial charge is 0.409 e. The number of nitrogens with two attached hydrogens (primary N) is 1. The Morgan fingerprint density at radius 1 is 1.21 bits per heavy atom. The van der Waals surface area contributed by atoms with E-state index in [0.717, 1.165) is 11.1 Å². The van der Waals surface area contributed by atoms with Gasteiger partial charge in [-0.25, -0.2) is 9.59 Å². The molecule has 17 heteroatoms. The molecule has 0 aliphatic carbocycles. The number of amides is 4. The summed E-state index contributed by atoms with van der Waals surface area (Å²) in [5.41, 5.74) is 4.54. The van der Waals surface area contributed by atoms with Gasteiger partial charge in [-0.1, -0.05) is 50.1 Å². The molecule has 324 valence electrons. The van der Waals surface area contributed by atoms with Crippen LogP contribution in [0.15, 0.2) is 36.4 Å². The Bertz CT molecular complexity index is 1740. The number of carbonyl (C=O) groups excluding carboxylic acids is 5. The second-order valence-corrected chi connectivity index (χ2v) is 18.0.